The molecule has 19 heavy (non-hydrogen) atoms. The molecule has 2 aromatic rings. The highest BCUT2D eigenvalue weighted by molar-refractivity contribution is 5.85. The van der Waals surface area contributed by atoms with Crippen LogP contribution in [0.4, 0.5) is 0 Å². The van der Waals surface area contributed by atoms with Gasteiger partial charge in [0.05, 0.1) is 0 Å². The molecule has 96 valence electrons. The van der Waals surface area contributed by atoms with Gasteiger partial charge in [-0.2, -0.15) is 0 Å². The van der Waals surface area contributed by atoms with Gasteiger partial charge in [0, 0.05) is 17.3 Å². The van der Waals surface area contributed by atoms with Gasteiger partial charge in [0.25, 0.3) is 5.56 Å². The maximum Gasteiger partial charge on any atom is 0.259 e. The number of piperidine rings is 1. The van der Waals surface area contributed by atoms with Crippen LogP contribution in [0.2, 0.25) is 0 Å². The maximum atomic E-state index is 12.4. The van der Waals surface area contributed by atoms with Crippen molar-refractivity contribution in [3.63, 3.8) is 0 Å². The predicted octanol–water partition coefficient (Wildman–Crippen LogP) is 1.97. The smallest absolute Gasteiger partial charge is 0.259 e. The number of benzene rings is 1. The van der Waals surface area contributed by atoms with Gasteiger partial charge in [-0.15, -0.1) is 0 Å². The number of carbonyl (C=O) groups excluding carboxylic acids is 1. The van der Waals surface area contributed by atoms with Gasteiger partial charge in [-0.3, -0.25) is 9.59 Å². The maximum absolute atomic E-state index is 12.4. The third-order valence-corrected chi connectivity index (χ3v) is 3.50. The summed E-state index contributed by atoms with van der Waals surface area (Å²) in [4.78, 5) is 24.4. The Labute approximate surface area is 110 Å². The molecule has 0 radical (unpaired) electrons. The van der Waals surface area contributed by atoms with Crippen molar-refractivity contribution in [1.29, 1.82) is 0 Å². The fourth-order valence-corrected chi connectivity index (χ4v) is 2.48. The van der Waals surface area contributed by atoms with E-state index >= 15 is 0 Å². The van der Waals surface area contributed by atoms with Gasteiger partial charge in [0.15, 0.2) is 0 Å². The first-order valence-corrected chi connectivity index (χ1v) is 6.25. The number of fused-ring (bicyclic) bond motifs is 1. The van der Waals surface area contributed by atoms with Gasteiger partial charge in [0.2, 0.25) is 5.91 Å². The van der Waals surface area contributed by atoms with Crippen molar-refractivity contribution in [1.82, 2.24) is 9.88 Å². The number of nitrogens with zero attached hydrogens (tertiary/aromatic N) is 1. The van der Waals surface area contributed by atoms with Crippen LogP contribution in [-0.2, 0) is 4.79 Å². The minimum atomic E-state index is -0.442. The number of rotatable bonds is 1. The second-order valence-electron chi connectivity index (χ2n) is 4.76. The summed E-state index contributed by atoms with van der Waals surface area (Å²) in [6.07, 6.45) is 3.02. The lowest BCUT2D eigenvalue weighted by atomic mass is 10.0. The molecule has 4 nitrogen and oxygen atoms in total. The Kier molecular flexibility index (Phi) is 2.71. The van der Waals surface area contributed by atoms with E-state index in [2.05, 4.69) is 11.9 Å². The normalized spacial score (nSPS) is 19.5. The van der Waals surface area contributed by atoms with Crippen molar-refractivity contribution in [3.05, 3.63) is 59.2 Å². The van der Waals surface area contributed by atoms with E-state index in [0.29, 0.717) is 18.2 Å². The largest absolute Gasteiger partial charge is 0.329 e. The Hall–Kier alpha value is -2.36. The molecule has 1 aliphatic rings. The van der Waals surface area contributed by atoms with Gasteiger partial charge >= 0.3 is 0 Å². The summed E-state index contributed by atoms with van der Waals surface area (Å²) in [5, 5.41) is 4.24. The van der Waals surface area contributed by atoms with Gasteiger partial charge < -0.3 is 9.88 Å². The highest BCUT2D eigenvalue weighted by atomic mass is 16.2. The molecule has 0 saturated carbocycles. The van der Waals surface area contributed by atoms with E-state index in [1.54, 1.807) is 12.3 Å². The molecule has 1 fully saturated rings. The highest BCUT2D eigenvalue weighted by Gasteiger charge is 2.26. The summed E-state index contributed by atoms with van der Waals surface area (Å²) in [7, 11) is 0. The molecule has 1 aliphatic heterocycles. The van der Waals surface area contributed by atoms with E-state index in [-0.39, 0.29) is 11.5 Å². The summed E-state index contributed by atoms with van der Waals surface area (Å²) in [5.74, 6) is -0.159. The molecular formula is C15H14N2O2. The topological polar surface area (TPSA) is 51.1 Å². The monoisotopic (exact) mass is 254 g/mol. The van der Waals surface area contributed by atoms with Crippen LogP contribution in [0.1, 0.15) is 18.9 Å². The Bertz CT molecular complexity index is 730. The Morgan fingerprint density at radius 1 is 1.21 bits per heavy atom. The van der Waals surface area contributed by atoms with E-state index in [9.17, 15) is 9.59 Å². The molecule has 1 aromatic heterocycles. The van der Waals surface area contributed by atoms with Crippen LogP contribution >= 0.6 is 0 Å². The zero-order valence-electron chi connectivity index (χ0n) is 10.4. The fraction of sp³-hybridized carbons (Fsp3) is 0.200. The van der Waals surface area contributed by atoms with Crippen LogP contribution in [0.5, 0.6) is 0 Å². The summed E-state index contributed by atoms with van der Waals surface area (Å²) < 4.78 is 1.52. The number of hydrogen-bond donors (Lipinski definition) is 1. The van der Waals surface area contributed by atoms with E-state index < -0.39 is 6.04 Å². The fourth-order valence-electron chi connectivity index (χ4n) is 2.48. The van der Waals surface area contributed by atoms with Gasteiger partial charge in [-0.25, -0.2) is 0 Å². The van der Waals surface area contributed by atoms with Gasteiger partial charge in [0.1, 0.15) is 6.04 Å². The highest BCUT2D eigenvalue weighted by Crippen LogP contribution is 2.21. The van der Waals surface area contributed by atoms with Crippen molar-refractivity contribution in [2.24, 2.45) is 0 Å². The molecular weight excluding hydrogens is 240 g/mol. The minimum absolute atomic E-state index is 0.120. The van der Waals surface area contributed by atoms with Crippen molar-refractivity contribution in [2.75, 3.05) is 0 Å². The molecule has 1 saturated heterocycles. The molecule has 2 heterocycles. The molecule has 0 bridgehead atoms. The Morgan fingerprint density at radius 3 is 2.79 bits per heavy atom. The molecule has 1 atom stereocenters. The molecule has 3 rings (SSSR count). The third kappa shape index (κ3) is 1.95. The molecule has 1 aromatic carbocycles. The van der Waals surface area contributed by atoms with Crippen molar-refractivity contribution >= 4 is 16.7 Å². The SMILES string of the molecule is C=C1CCC(n2ccc3ccccc3c2=O)C(=O)N1. The van der Waals surface area contributed by atoms with Crippen LogP contribution in [0.3, 0.4) is 0 Å². The molecule has 0 aliphatic carbocycles. The second kappa shape index (κ2) is 4.39. The molecule has 1 N–H and O–H groups in total. The summed E-state index contributed by atoms with van der Waals surface area (Å²) >= 11 is 0. The van der Waals surface area contributed by atoms with E-state index in [1.165, 1.54) is 4.57 Å². The van der Waals surface area contributed by atoms with Gasteiger partial charge in [-0.1, -0.05) is 24.8 Å². The van der Waals surface area contributed by atoms with Crippen molar-refractivity contribution in [3.8, 4) is 0 Å². The van der Waals surface area contributed by atoms with Crippen molar-refractivity contribution < 1.29 is 4.79 Å². The Morgan fingerprint density at radius 2 is 2.00 bits per heavy atom. The van der Waals surface area contributed by atoms with Crippen LogP contribution < -0.4 is 10.9 Å². The average Bonchev–Trinajstić information content (AvgIpc) is 2.41. The number of allylic oxidation sites excluding steroid dienone is 1. The molecule has 1 amide bonds. The third-order valence-electron chi connectivity index (χ3n) is 3.50. The number of hydrogen-bond acceptors (Lipinski definition) is 2. The first kappa shape index (κ1) is 11.7. The minimum Gasteiger partial charge on any atom is -0.329 e. The van der Waals surface area contributed by atoms with Crippen LogP contribution in [-0.4, -0.2) is 10.5 Å². The number of amides is 1. The van der Waals surface area contributed by atoms with E-state index in [0.717, 1.165) is 11.1 Å². The zero-order valence-corrected chi connectivity index (χ0v) is 10.4. The lowest BCUT2D eigenvalue weighted by Crippen LogP contribution is -2.40. The standard InChI is InChI=1S/C15H14N2O2/c1-10-6-7-13(14(18)16-10)17-9-8-11-4-2-3-5-12(11)15(17)19/h2-5,8-9,13H,1,6-7H2,(H,16,18). The van der Waals surface area contributed by atoms with Crippen LogP contribution in [0.15, 0.2) is 53.6 Å². The predicted molar refractivity (Wildman–Crippen MR) is 73.8 cm³/mol. The van der Waals surface area contributed by atoms with E-state index in [1.807, 2.05) is 24.3 Å². The van der Waals surface area contributed by atoms with Crippen LogP contribution in [0.25, 0.3) is 10.8 Å². The quantitative estimate of drug-likeness (QED) is 0.845. The lowest BCUT2D eigenvalue weighted by Gasteiger charge is -2.25. The van der Waals surface area contributed by atoms with Crippen LogP contribution in [0, 0.1) is 0 Å². The number of carbonyl (C=O) groups is 1. The average molecular weight is 254 g/mol. The Balaban J connectivity index is 2.11. The lowest BCUT2D eigenvalue weighted by molar-refractivity contribution is -0.124. The second-order valence-corrected chi connectivity index (χ2v) is 4.76. The summed E-state index contributed by atoms with van der Waals surface area (Å²) in [6, 6.07) is 8.83. The summed E-state index contributed by atoms with van der Waals surface area (Å²) in [6.45, 7) is 3.75. The van der Waals surface area contributed by atoms with Crippen molar-refractivity contribution in [2.45, 2.75) is 18.9 Å². The molecule has 1 unspecified atom stereocenters. The molecule has 0 spiro atoms. The first-order chi connectivity index (χ1) is 9.16. The van der Waals surface area contributed by atoms with Gasteiger partial charge in [-0.05, 0) is 30.4 Å². The molecule has 4 heteroatoms. The number of aromatic nitrogens is 1. The number of nitrogens with one attached hydrogen (secondary N) is 1. The van der Waals surface area contributed by atoms with E-state index in [4.69, 9.17) is 0 Å². The number of pyridine rings is 1. The summed E-state index contributed by atoms with van der Waals surface area (Å²) in [5.41, 5.74) is 0.598. The zero-order chi connectivity index (χ0) is 13.4. The first-order valence-electron chi connectivity index (χ1n) is 6.25.